The highest BCUT2D eigenvalue weighted by molar-refractivity contribution is 7.26. The second-order valence-corrected chi connectivity index (χ2v) is 12.5. The van der Waals surface area contributed by atoms with E-state index in [1.54, 1.807) is 0 Å². The summed E-state index contributed by atoms with van der Waals surface area (Å²) in [6, 6.07) is 49.7. The van der Waals surface area contributed by atoms with E-state index in [1.807, 2.05) is 23.6 Å². The molecule has 5 heteroatoms. The van der Waals surface area contributed by atoms with Gasteiger partial charge in [0.05, 0.1) is 27.8 Å². The van der Waals surface area contributed by atoms with Gasteiger partial charge in [-0.1, -0.05) is 84.9 Å². The molecule has 0 unspecified atom stereocenters. The molecule has 210 valence electrons. The number of benzene rings is 6. The summed E-state index contributed by atoms with van der Waals surface area (Å²) in [5.74, 6) is 0.672. The van der Waals surface area contributed by atoms with Crippen LogP contribution in [0.15, 0.2) is 146 Å². The third-order valence-electron chi connectivity index (χ3n) is 9.01. The lowest BCUT2D eigenvalue weighted by Crippen LogP contribution is -2.01. The molecule has 0 saturated heterocycles. The van der Waals surface area contributed by atoms with Crippen LogP contribution in [-0.2, 0) is 0 Å². The van der Waals surface area contributed by atoms with Crippen LogP contribution >= 0.6 is 11.3 Å². The van der Waals surface area contributed by atoms with Crippen LogP contribution in [0, 0.1) is 0 Å². The molecular formula is C40H24N4S. The first kappa shape index (κ1) is 24.6. The van der Waals surface area contributed by atoms with Crippen molar-refractivity contribution in [1.29, 1.82) is 0 Å². The van der Waals surface area contributed by atoms with Gasteiger partial charge >= 0.3 is 0 Å². The van der Waals surface area contributed by atoms with Gasteiger partial charge in [0.15, 0.2) is 0 Å². The molecule has 0 aliphatic heterocycles. The molecule has 0 bridgehead atoms. The number of hydrogen-bond acceptors (Lipinski definition) is 3. The Kier molecular flexibility index (Phi) is 5.12. The molecule has 4 nitrogen and oxygen atoms in total. The topological polar surface area (TPSA) is 35.6 Å². The highest BCUT2D eigenvalue weighted by Crippen LogP contribution is 2.43. The zero-order valence-electron chi connectivity index (χ0n) is 24.1. The van der Waals surface area contributed by atoms with Crippen molar-refractivity contribution in [3.63, 3.8) is 0 Å². The zero-order valence-corrected chi connectivity index (χ0v) is 24.9. The van der Waals surface area contributed by atoms with Gasteiger partial charge in [-0.05, 0) is 54.6 Å². The number of thiophene rings is 1. The van der Waals surface area contributed by atoms with Crippen molar-refractivity contribution in [1.82, 2.24) is 19.1 Å². The van der Waals surface area contributed by atoms with E-state index in [0.29, 0.717) is 5.95 Å². The van der Waals surface area contributed by atoms with E-state index in [-0.39, 0.29) is 0 Å². The van der Waals surface area contributed by atoms with Gasteiger partial charge in [0.1, 0.15) is 0 Å². The van der Waals surface area contributed by atoms with Crippen LogP contribution in [0.4, 0.5) is 0 Å². The average molecular weight is 593 g/mol. The van der Waals surface area contributed by atoms with Gasteiger partial charge in [-0.15, -0.1) is 11.3 Å². The van der Waals surface area contributed by atoms with Crippen LogP contribution in [-0.4, -0.2) is 19.1 Å². The van der Waals surface area contributed by atoms with Crippen LogP contribution in [0.1, 0.15) is 0 Å². The van der Waals surface area contributed by atoms with E-state index in [1.165, 1.54) is 52.8 Å². The van der Waals surface area contributed by atoms with Crippen molar-refractivity contribution < 1.29 is 0 Å². The van der Waals surface area contributed by atoms with Gasteiger partial charge in [-0.25, -0.2) is 9.97 Å². The molecule has 0 N–H and O–H groups in total. The highest BCUT2D eigenvalue weighted by atomic mass is 32.1. The van der Waals surface area contributed by atoms with E-state index in [2.05, 4.69) is 143 Å². The van der Waals surface area contributed by atoms with Crippen LogP contribution in [0.2, 0.25) is 0 Å². The van der Waals surface area contributed by atoms with Crippen molar-refractivity contribution >= 4 is 75.1 Å². The summed E-state index contributed by atoms with van der Waals surface area (Å²) in [4.78, 5) is 10.0. The van der Waals surface area contributed by atoms with Crippen LogP contribution in [0.5, 0.6) is 0 Å². The van der Waals surface area contributed by atoms with Crippen LogP contribution < -0.4 is 0 Å². The minimum absolute atomic E-state index is 0.672. The number of fused-ring (bicyclic) bond motifs is 10. The Morgan fingerprint density at radius 3 is 2.04 bits per heavy atom. The van der Waals surface area contributed by atoms with Crippen LogP contribution in [0.3, 0.4) is 0 Å². The van der Waals surface area contributed by atoms with Crippen molar-refractivity contribution in [2.75, 3.05) is 0 Å². The Bertz CT molecular complexity index is 2770. The highest BCUT2D eigenvalue weighted by Gasteiger charge is 2.19. The Hall–Kier alpha value is -5.78. The largest absolute Gasteiger partial charge is 0.309 e. The summed E-state index contributed by atoms with van der Waals surface area (Å²) in [7, 11) is 0. The van der Waals surface area contributed by atoms with E-state index < -0.39 is 0 Å². The maximum atomic E-state index is 5.21. The Morgan fingerprint density at radius 2 is 1.18 bits per heavy atom. The molecule has 10 aromatic rings. The lowest BCUT2D eigenvalue weighted by atomic mass is 10.1. The maximum absolute atomic E-state index is 5.21. The molecule has 0 spiro atoms. The minimum atomic E-state index is 0.672. The lowest BCUT2D eigenvalue weighted by Gasteiger charge is -2.09. The SMILES string of the molecule is c1ccc(-n2c3ccccc3c3cc(-c4ccnc(-n5c6ccccc6c6c7sc8ccccc8c7ccc65)n4)ccc32)cc1. The fraction of sp³-hybridized carbons (Fsp3) is 0. The zero-order chi connectivity index (χ0) is 29.5. The van der Waals surface area contributed by atoms with Gasteiger partial charge < -0.3 is 4.57 Å². The first-order chi connectivity index (χ1) is 22.3. The summed E-state index contributed by atoms with van der Waals surface area (Å²) in [6.07, 6.45) is 1.88. The van der Waals surface area contributed by atoms with E-state index in [9.17, 15) is 0 Å². The molecule has 4 heterocycles. The second-order valence-electron chi connectivity index (χ2n) is 11.4. The molecule has 0 fully saturated rings. The Balaban J connectivity index is 1.19. The molecule has 0 amide bonds. The van der Waals surface area contributed by atoms with Gasteiger partial charge in [0.2, 0.25) is 5.95 Å². The molecule has 10 rings (SSSR count). The van der Waals surface area contributed by atoms with Crippen molar-refractivity contribution in [3.05, 3.63) is 146 Å². The molecule has 0 saturated carbocycles. The summed E-state index contributed by atoms with van der Waals surface area (Å²) < 4.78 is 7.17. The molecule has 4 aromatic heterocycles. The molecule has 0 aliphatic carbocycles. The van der Waals surface area contributed by atoms with Crippen LogP contribution in [0.25, 0.3) is 86.7 Å². The van der Waals surface area contributed by atoms with Crippen molar-refractivity contribution in [2.24, 2.45) is 0 Å². The summed E-state index contributed by atoms with van der Waals surface area (Å²) in [5, 5.41) is 7.50. The number of aromatic nitrogens is 4. The Morgan fingerprint density at radius 1 is 0.489 bits per heavy atom. The fourth-order valence-electron chi connectivity index (χ4n) is 7.05. The molecule has 0 radical (unpaired) electrons. The minimum Gasteiger partial charge on any atom is -0.309 e. The predicted octanol–water partition coefficient (Wildman–Crippen LogP) is 10.7. The summed E-state index contributed by atoms with van der Waals surface area (Å²) in [5.41, 5.74) is 7.71. The lowest BCUT2D eigenvalue weighted by molar-refractivity contribution is 0.992. The third-order valence-corrected chi connectivity index (χ3v) is 10.2. The first-order valence-electron chi connectivity index (χ1n) is 15.1. The third kappa shape index (κ3) is 3.53. The fourth-order valence-corrected chi connectivity index (χ4v) is 8.31. The predicted molar refractivity (Wildman–Crippen MR) is 189 cm³/mol. The molecule has 0 aliphatic rings. The van der Waals surface area contributed by atoms with Gasteiger partial charge in [-0.2, -0.15) is 0 Å². The number of nitrogens with zero attached hydrogens (tertiary/aromatic N) is 4. The van der Waals surface area contributed by atoms with Gasteiger partial charge in [0, 0.05) is 59.2 Å². The monoisotopic (exact) mass is 592 g/mol. The van der Waals surface area contributed by atoms with E-state index in [0.717, 1.165) is 28.0 Å². The molecule has 0 atom stereocenters. The smallest absolute Gasteiger partial charge is 0.235 e. The quantitative estimate of drug-likeness (QED) is 0.205. The second kappa shape index (κ2) is 9.36. The van der Waals surface area contributed by atoms with E-state index in [4.69, 9.17) is 9.97 Å². The maximum Gasteiger partial charge on any atom is 0.235 e. The molecule has 45 heavy (non-hydrogen) atoms. The number of hydrogen-bond donors (Lipinski definition) is 0. The molecular weight excluding hydrogens is 569 g/mol. The summed E-state index contributed by atoms with van der Waals surface area (Å²) in [6.45, 7) is 0. The number of rotatable bonds is 3. The first-order valence-corrected chi connectivity index (χ1v) is 15.9. The molecule has 6 aromatic carbocycles. The van der Waals surface area contributed by atoms with Crippen molar-refractivity contribution in [2.45, 2.75) is 0 Å². The van der Waals surface area contributed by atoms with Gasteiger partial charge in [0.25, 0.3) is 0 Å². The average Bonchev–Trinajstić information content (AvgIpc) is 3.76. The normalized spacial score (nSPS) is 12.0. The Labute approximate surface area is 262 Å². The van der Waals surface area contributed by atoms with Crippen molar-refractivity contribution in [3.8, 4) is 22.9 Å². The van der Waals surface area contributed by atoms with Gasteiger partial charge in [-0.3, -0.25) is 4.57 Å². The standard InChI is InChI=1S/C40H24N4S/c1-2-10-26(11-3-1)43-33-15-7-4-12-27(33)31-24-25(18-20-35(31)43)32-22-23-41-40(42-32)44-34-16-8-5-14-30(34)38-36(44)21-19-29-28-13-6-9-17-37(28)45-39(29)38/h1-24H. The number of para-hydroxylation sites is 3. The summed E-state index contributed by atoms with van der Waals surface area (Å²) >= 11 is 1.86. The van der Waals surface area contributed by atoms with E-state index >= 15 is 0 Å².